The van der Waals surface area contributed by atoms with Crippen molar-refractivity contribution in [2.45, 2.75) is 0 Å². The van der Waals surface area contributed by atoms with E-state index in [-0.39, 0.29) is 46.2 Å². The first-order chi connectivity index (χ1) is 1.41. The fourth-order valence-corrected chi connectivity index (χ4v) is 0. The molecule has 0 saturated carbocycles. The summed E-state index contributed by atoms with van der Waals surface area (Å²) >= 11 is 0. The Morgan fingerprint density at radius 2 is 1.00 bits per heavy atom. The number of hydrogen-bond donors (Lipinski definition) is 0. The third-order valence-electron chi connectivity index (χ3n) is 0. The maximum atomic E-state index is 8.00. The van der Waals surface area contributed by atoms with Crippen molar-refractivity contribution >= 4 is 0 Å². The standard InChI is InChI=1S/Co.HNO2.3H2N.2H2O/c;2-1-3;;;;;/h;(H,2,3);5*1H2/q+3;;3*-1;;/p+1. The minimum atomic E-state index is 0. The van der Waals surface area contributed by atoms with Gasteiger partial charge in [-0.05, 0) is 0 Å². The molecule has 12 N–H and O–H groups in total. The van der Waals surface area contributed by atoms with E-state index >= 15 is 0 Å². The molecule has 0 unspecified atom stereocenters. The van der Waals surface area contributed by atoms with Gasteiger partial charge in [0.25, 0.3) is 0 Å². The van der Waals surface area contributed by atoms with Gasteiger partial charge < -0.3 is 39.5 Å². The summed E-state index contributed by atoms with van der Waals surface area (Å²) in [5.41, 5.74) is 0. The van der Waals surface area contributed by atoms with Crippen molar-refractivity contribution in [3.63, 3.8) is 0 Å². The van der Waals surface area contributed by atoms with Crippen LogP contribution in [0.15, 0.2) is 5.34 Å². The molecule has 0 aliphatic carbocycles. The molecule has 0 atom stereocenters. The number of hydrogen-bond acceptors (Lipinski definition) is 3. The van der Waals surface area contributed by atoms with E-state index in [9.17, 15) is 0 Å². The second-order valence-electron chi connectivity index (χ2n) is 0.0745. The average molecular weight is 191 g/mol. The third-order valence-corrected chi connectivity index (χ3v) is 0. The summed E-state index contributed by atoms with van der Waals surface area (Å²) in [6.07, 6.45) is 0. The maximum absolute atomic E-state index is 8.00. The molecular weight excluding hydrogens is 179 g/mol. The van der Waals surface area contributed by atoms with Crippen LogP contribution in [-0.4, -0.2) is 0 Å². The van der Waals surface area contributed by atoms with E-state index in [2.05, 4.69) is 0 Å². The Morgan fingerprint density at radius 3 is 1.00 bits per heavy atom. The van der Waals surface area contributed by atoms with Crippen molar-refractivity contribution in [1.82, 2.24) is 0 Å². The van der Waals surface area contributed by atoms with Crippen LogP contribution >= 0.6 is 0 Å². The third kappa shape index (κ3) is 2910. The van der Waals surface area contributed by atoms with Crippen molar-refractivity contribution in [3.05, 3.63) is 28.6 Å². The zero-order valence-electron chi connectivity index (χ0n) is 4.48. The summed E-state index contributed by atoms with van der Waals surface area (Å²) in [6.45, 7) is 0. The summed E-state index contributed by atoms with van der Waals surface area (Å²) in [5.74, 6) is 0. The largest absolute Gasteiger partial charge is 3.00 e. The zero-order valence-corrected chi connectivity index (χ0v) is 5.52. The van der Waals surface area contributed by atoms with Gasteiger partial charge in [0.05, 0.1) is 0 Å². The first kappa shape index (κ1) is 178. The molecule has 0 amide bonds. The quantitative estimate of drug-likeness (QED) is 0.304. The van der Waals surface area contributed by atoms with Gasteiger partial charge in [-0.2, -0.15) is 0 Å². The van der Waals surface area contributed by atoms with E-state index < -0.39 is 0 Å². The van der Waals surface area contributed by atoms with Crippen LogP contribution in [0.3, 0.4) is 0 Å². The molecule has 9 heteroatoms. The molecule has 8 nitrogen and oxygen atoms in total. The molecule has 64 valence electrons. The normalized spacial score (nSPS) is 1.33. The second-order valence-corrected chi connectivity index (χ2v) is 0.0745. The topological polar surface area (TPSA) is 219 Å². The molecular formula is H12CoN4O4+. The van der Waals surface area contributed by atoms with E-state index in [1.54, 1.807) is 0 Å². The molecule has 0 bridgehead atoms. The molecule has 0 spiro atoms. The summed E-state index contributed by atoms with van der Waals surface area (Å²) in [7, 11) is 0. The molecule has 0 aromatic carbocycles. The minimum absolute atomic E-state index is 0. The van der Waals surface area contributed by atoms with Gasteiger partial charge in [0.1, 0.15) is 0 Å². The van der Waals surface area contributed by atoms with Crippen LogP contribution in [0.25, 0.3) is 18.5 Å². The van der Waals surface area contributed by atoms with Gasteiger partial charge in [-0.15, -0.1) is 5.34 Å². The van der Waals surface area contributed by atoms with Gasteiger partial charge in [0.2, 0.25) is 0 Å². The van der Waals surface area contributed by atoms with E-state index in [0.717, 1.165) is 5.34 Å². The van der Waals surface area contributed by atoms with Crippen LogP contribution in [-0.2, 0) is 27.7 Å². The van der Waals surface area contributed by atoms with Crippen molar-refractivity contribution in [2.24, 2.45) is 5.34 Å². The van der Waals surface area contributed by atoms with E-state index in [1.807, 2.05) is 0 Å². The molecule has 0 aliphatic rings. The van der Waals surface area contributed by atoms with Gasteiger partial charge in [-0.25, -0.2) is 0 Å². The Labute approximate surface area is 62.5 Å². The fraction of sp³-hybridized carbons (Fsp3) is 0. The van der Waals surface area contributed by atoms with Gasteiger partial charge in [0, 0.05) is 0 Å². The van der Waals surface area contributed by atoms with Gasteiger partial charge in [-0.3, -0.25) is 0 Å². The van der Waals surface area contributed by atoms with Gasteiger partial charge in [-0.1, -0.05) is 0 Å². The molecule has 0 aliphatic heterocycles. The zero-order chi connectivity index (χ0) is 2.71. The molecule has 0 saturated heterocycles. The summed E-state index contributed by atoms with van der Waals surface area (Å²) in [4.78, 5) is 8.00. The van der Waals surface area contributed by atoms with Crippen LogP contribution in [0.4, 0.5) is 0 Å². The van der Waals surface area contributed by atoms with E-state index in [1.165, 1.54) is 0 Å². The molecule has 0 aromatic heterocycles. The summed E-state index contributed by atoms with van der Waals surface area (Å²) < 4.78 is 0. The Balaban J connectivity index is -0.00000000133. The van der Waals surface area contributed by atoms with Crippen LogP contribution in [0.1, 0.15) is 0 Å². The fourth-order valence-electron chi connectivity index (χ4n) is 0. The van der Waals surface area contributed by atoms with Crippen LogP contribution in [0, 0.1) is 10.1 Å². The molecule has 0 radical (unpaired) electrons. The molecule has 0 fully saturated rings. The summed E-state index contributed by atoms with van der Waals surface area (Å²) in [5, 5.41) is 9.00. The first-order valence-electron chi connectivity index (χ1n) is 0.365. The van der Waals surface area contributed by atoms with Crippen LogP contribution in [0.5, 0.6) is 0 Å². The van der Waals surface area contributed by atoms with Crippen molar-refractivity contribution in [1.29, 1.82) is 0 Å². The molecule has 9 heavy (non-hydrogen) atoms. The average Bonchev–Trinajstić information content (AvgIpc) is 0.918. The van der Waals surface area contributed by atoms with E-state index in [0.29, 0.717) is 0 Å². The van der Waals surface area contributed by atoms with Crippen molar-refractivity contribution in [2.75, 3.05) is 0 Å². The number of nitrogens with two attached hydrogens (primary N) is 3. The van der Waals surface area contributed by atoms with Gasteiger partial charge >= 0.3 is 16.8 Å². The van der Waals surface area contributed by atoms with Crippen LogP contribution in [0.2, 0.25) is 0 Å². The monoisotopic (exact) mass is 191 g/mol. The van der Waals surface area contributed by atoms with Crippen LogP contribution < -0.4 is 0 Å². The first-order valence-corrected chi connectivity index (χ1v) is 0.365. The smallest absolute Gasteiger partial charge is 0.693 e. The molecule has 0 rings (SSSR count). The molecule has 0 heterocycles. The number of nitrogens with zero attached hydrogens (tertiary/aromatic N) is 1. The van der Waals surface area contributed by atoms with Gasteiger partial charge in [0.15, 0.2) is 0 Å². The predicted octanol–water partition coefficient (Wildman–Crippen LogP) is 0.556. The predicted molar refractivity (Wildman–Crippen MR) is 34.8 cm³/mol. The Morgan fingerprint density at radius 1 is 1.00 bits per heavy atom. The minimum Gasteiger partial charge on any atom is -0.693 e. The second kappa shape index (κ2) is 694. The maximum Gasteiger partial charge on any atom is 3.00 e. The van der Waals surface area contributed by atoms with Crippen molar-refractivity contribution in [3.8, 4) is 0 Å². The van der Waals surface area contributed by atoms with Crippen molar-refractivity contribution < 1.29 is 27.7 Å². The van der Waals surface area contributed by atoms with E-state index in [4.69, 9.17) is 10.1 Å². The Bertz CT molecular complexity index is 20.0. The number of rotatable bonds is 0. The Kier molecular flexibility index (Phi) is 13700. The molecule has 0 aromatic rings. The SMILES string of the molecule is O=N[O-].[Co+3].[NH2-].[NH2-].[NH2-].[OH3+].[OH3+]. The summed E-state index contributed by atoms with van der Waals surface area (Å²) in [6, 6.07) is 0. The Hall–Kier alpha value is -0.294.